The Morgan fingerprint density at radius 3 is 2.55 bits per heavy atom. The van der Waals surface area contributed by atoms with Gasteiger partial charge in [0.05, 0.1) is 4.87 Å². The fourth-order valence-electron chi connectivity index (χ4n) is 4.38. The zero-order valence-corrected chi connectivity index (χ0v) is 17.7. The van der Waals surface area contributed by atoms with Crippen LogP contribution < -0.4 is 4.90 Å². The molecule has 2 amide bonds. The van der Waals surface area contributed by atoms with Gasteiger partial charge in [0.15, 0.2) is 6.10 Å². The molecular weight excluding hydrogens is 390 g/mol. The van der Waals surface area contributed by atoms with E-state index in [-0.39, 0.29) is 16.7 Å². The SMILES string of the molecule is C[C@@H](OC(=O)[C@H]1CS[C@@]2(C)CCC(=O)N12)C(=O)N1CCN(c2ccccc2)CC1. The number of piperazine rings is 1. The van der Waals surface area contributed by atoms with Crippen molar-refractivity contribution < 1.29 is 19.1 Å². The third-order valence-corrected chi connectivity index (χ3v) is 7.58. The highest BCUT2D eigenvalue weighted by atomic mass is 32.2. The van der Waals surface area contributed by atoms with E-state index in [1.54, 1.807) is 28.5 Å². The van der Waals surface area contributed by atoms with E-state index in [0.29, 0.717) is 25.3 Å². The molecule has 0 bridgehead atoms. The highest BCUT2D eigenvalue weighted by Crippen LogP contribution is 2.47. The van der Waals surface area contributed by atoms with Gasteiger partial charge in [0.25, 0.3) is 5.91 Å². The molecule has 3 saturated heterocycles. The van der Waals surface area contributed by atoms with Crippen molar-refractivity contribution >= 4 is 35.2 Å². The molecule has 0 unspecified atom stereocenters. The molecule has 0 spiro atoms. The molecule has 3 aliphatic heterocycles. The molecule has 3 atom stereocenters. The van der Waals surface area contributed by atoms with E-state index in [9.17, 15) is 14.4 Å². The lowest BCUT2D eigenvalue weighted by Crippen LogP contribution is -2.53. The number of amides is 2. The molecule has 4 rings (SSSR count). The summed E-state index contributed by atoms with van der Waals surface area (Å²) in [6.07, 6.45) is 0.369. The number of hydrogen-bond acceptors (Lipinski definition) is 6. The van der Waals surface area contributed by atoms with Crippen LogP contribution in [0.1, 0.15) is 26.7 Å². The molecule has 8 heteroatoms. The first-order valence-electron chi connectivity index (χ1n) is 10.1. The Morgan fingerprint density at radius 1 is 1.17 bits per heavy atom. The number of rotatable bonds is 4. The first kappa shape index (κ1) is 20.1. The fourth-order valence-corrected chi connectivity index (χ4v) is 5.80. The van der Waals surface area contributed by atoms with Gasteiger partial charge in [-0.25, -0.2) is 4.79 Å². The Bertz CT molecular complexity index is 796. The van der Waals surface area contributed by atoms with Gasteiger partial charge in [0.2, 0.25) is 5.91 Å². The highest BCUT2D eigenvalue weighted by molar-refractivity contribution is 8.01. The standard InChI is InChI=1S/C21H27N3O4S/c1-15(28-20(27)17-14-29-21(2)9-8-18(25)24(17)21)19(26)23-12-10-22(11-13-23)16-6-4-3-5-7-16/h3-7,15,17H,8-14H2,1-2H3/t15-,17-,21+/m1/s1. The first-order valence-corrected chi connectivity index (χ1v) is 11.1. The van der Waals surface area contributed by atoms with E-state index in [1.165, 1.54) is 0 Å². The highest BCUT2D eigenvalue weighted by Gasteiger charge is 2.53. The number of fused-ring (bicyclic) bond motifs is 1. The number of thioether (sulfide) groups is 1. The molecule has 7 nitrogen and oxygen atoms in total. The second kappa shape index (κ2) is 7.89. The number of hydrogen-bond donors (Lipinski definition) is 0. The maximum atomic E-state index is 12.8. The van der Waals surface area contributed by atoms with Crippen LogP contribution in [-0.4, -0.2) is 76.5 Å². The summed E-state index contributed by atoms with van der Waals surface area (Å²) in [4.78, 5) is 43.1. The summed E-state index contributed by atoms with van der Waals surface area (Å²) in [6, 6.07) is 9.53. The zero-order valence-electron chi connectivity index (χ0n) is 16.9. The lowest BCUT2D eigenvalue weighted by molar-refractivity contribution is -0.164. The summed E-state index contributed by atoms with van der Waals surface area (Å²) >= 11 is 1.62. The van der Waals surface area contributed by atoms with Crippen molar-refractivity contribution in [1.29, 1.82) is 0 Å². The van der Waals surface area contributed by atoms with Crippen LogP contribution in [0.15, 0.2) is 30.3 Å². The van der Waals surface area contributed by atoms with Crippen molar-refractivity contribution in [2.45, 2.75) is 43.7 Å². The number of nitrogens with zero attached hydrogens (tertiary/aromatic N) is 3. The van der Waals surface area contributed by atoms with Crippen molar-refractivity contribution in [2.75, 3.05) is 36.8 Å². The van der Waals surface area contributed by atoms with Gasteiger partial charge >= 0.3 is 5.97 Å². The predicted octanol–water partition coefficient (Wildman–Crippen LogP) is 1.72. The number of carbonyl (C=O) groups is 3. The van der Waals surface area contributed by atoms with Gasteiger partial charge in [-0.2, -0.15) is 0 Å². The molecule has 0 saturated carbocycles. The van der Waals surface area contributed by atoms with Crippen LogP contribution in [0, 0.1) is 0 Å². The fraction of sp³-hybridized carbons (Fsp3) is 0.571. The second-order valence-electron chi connectivity index (χ2n) is 7.99. The Hall–Kier alpha value is -2.22. The molecule has 3 aliphatic rings. The van der Waals surface area contributed by atoms with E-state index in [2.05, 4.69) is 17.0 Å². The van der Waals surface area contributed by atoms with Crippen LogP contribution in [0.25, 0.3) is 0 Å². The van der Waals surface area contributed by atoms with Crippen molar-refractivity contribution in [3.05, 3.63) is 30.3 Å². The molecular formula is C21H27N3O4S. The Balaban J connectivity index is 1.31. The van der Waals surface area contributed by atoms with Crippen LogP contribution in [0.5, 0.6) is 0 Å². The summed E-state index contributed by atoms with van der Waals surface area (Å²) in [5.41, 5.74) is 1.15. The minimum Gasteiger partial charge on any atom is -0.451 e. The number of anilines is 1. The minimum absolute atomic E-state index is 0.00420. The van der Waals surface area contributed by atoms with E-state index in [4.69, 9.17) is 4.74 Å². The molecule has 1 aromatic carbocycles. The van der Waals surface area contributed by atoms with Crippen molar-refractivity contribution in [2.24, 2.45) is 0 Å². The number of ether oxygens (including phenoxy) is 1. The predicted molar refractivity (Wildman–Crippen MR) is 112 cm³/mol. The van der Waals surface area contributed by atoms with Crippen LogP contribution in [-0.2, 0) is 19.1 Å². The number of benzene rings is 1. The molecule has 0 aliphatic carbocycles. The van der Waals surface area contributed by atoms with Crippen molar-refractivity contribution in [3.8, 4) is 0 Å². The number of esters is 1. The first-order chi connectivity index (χ1) is 13.9. The van der Waals surface area contributed by atoms with Gasteiger partial charge in [-0.15, -0.1) is 11.8 Å². The summed E-state index contributed by atoms with van der Waals surface area (Å²) in [5, 5.41) is 0. The second-order valence-corrected chi connectivity index (χ2v) is 9.49. The van der Waals surface area contributed by atoms with Crippen molar-refractivity contribution in [1.82, 2.24) is 9.80 Å². The average Bonchev–Trinajstić information content (AvgIpc) is 3.24. The molecule has 0 aromatic heterocycles. The maximum absolute atomic E-state index is 12.8. The number of carbonyl (C=O) groups excluding carboxylic acids is 3. The lowest BCUT2D eigenvalue weighted by atomic mass is 10.2. The van der Waals surface area contributed by atoms with Gasteiger partial charge in [-0.1, -0.05) is 18.2 Å². The Morgan fingerprint density at radius 2 is 1.86 bits per heavy atom. The van der Waals surface area contributed by atoms with Gasteiger partial charge in [-0.3, -0.25) is 9.59 Å². The van der Waals surface area contributed by atoms with Gasteiger partial charge < -0.3 is 19.4 Å². The quantitative estimate of drug-likeness (QED) is 0.695. The molecule has 0 radical (unpaired) electrons. The zero-order chi connectivity index (χ0) is 20.6. The molecule has 1 aromatic rings. The smallest absolute Gasteiger partial charge is 0.330 e. The molecule has 29 heavy (non-hydrogen) atoms. The minimum atomic E-state index is -0.847. The number of para-hydroxylation sites is 1. The summed E-state index contributed by atoms with van der Waals surface area (Å²) in [7, 11) is 0. The van der Waals surface area contributed by atoms with E-state index < -0.39 is 18.1 Å². The maximum Gasteiger partial charge on any atom is 0.330 e. The van der Waals surface area contributed by atoms with Gasteiger partial charge in [0, 0.05) is 44.0 Å². The van der Waals surface area contributed by atoms with E-state index >= 15 is 0 Å². The summed E-state index contributed by atoms with van der Waals surface area (Å²) in [5.74, 6) is -0.125. The van der Waals surface area contributed by atoms with Crippen LogP contribution in [0.4, 0.5) is 5.69 Å². The van der Waals surface area contributed by atoms with Crippen LogP contribution in [0.3, 0.4) is 0 Å². The summed E-state index contributed by atoms with van der Waals surface area (Å²) in [6.45, 7) is 6.30. The van der Waals surface area contributed by atoms with Gasteiger partial charge in [0.1, 0.15) is 6.04 Å². The van der Waals surface area contributed by atoms with E-state index in [1.807, 2.05) is 25.1 Å². The summed E-state index contributed by atoms with van der Waals surface area (Å²) < 4.78 is 5.51. The van der Waals surface area contributed by atoms with Crippen molar-refractivity contribution in [3.63, 3.8) is 0 Å². The normalized spacial score (nSPS) is 27.7. The molecule has 156 valence electrons. The van der Waals surface area contributed by atoms with Crippen LogP contribution >= 0.6 is 11.8 Å². The lowest BCUT2D eigenvalue weighted by Gasteiger charge is -2.37. The van der Waals surface area contributed by atoms with E-state index in [0.717, 1.165) is 25.2 Å². The third kappa shape index (κ3) is 3.82. The molecule has 0 N–H and O–H groups in total. The Labute approximate surface area is 175 Å². The molecule has 3 fully saturated rings. The molecule has 3 heterocycles. The topological polar surface area (TPSA) is 70.2 Å². The van der Waals surface area contributed by atoms with Crippen LogP contribution in [0.2, 0.25) is 0 Å². The Kier molecular flexibility index (Phi) is 5.46. The van der Waals surface area contributed by atoms with Gasteiger partial charge in [-0.05, 0) is 32.4 Å². The third-order valence-electron chi connectivity index (χ3n) is 6.07. The largest absolute Gasteiger partial charge is 0.451 e. The monoisotopic (exact) mass is 417 g/mol. The average molecular weight is 418 g/mol.